The number of carbonyl (C=O) groups excluding carboxylic acids is 2. The van der Waals surface area contributed by atoms with Crippen molar-refractivity contribution in [1.29, 1.82) is 0 Å². The van der Waals surface area contributed by atoms with Gasteiger partial charge in [-0.1, -0.05) is 6.92 Å². The molecule has 0 bridgehead atoms. The number of piperidine rings is 1. The summed E-state index contributed by atoms with van der Waals surface area (Å²) in [6.45, 7) is 2.75. The summed E-state index contributed by atoms with van der Waals surface area (Å²) in [6.07, 6.45) is 4.63. The van der Waals surface area contributed by atoms with Crippen LogP contribution in [0.2, 0.25) is 0 Å². The molecule has 1 aliphatic heterocycles. The maximum atomic E-state index is 13.0. The van der Waals surface area contributed by atoms with Gasteiger partial charge in [0.1, 0.15) is 5.82 Å². The predicted molar refractivity (Wildman–Crippen MR) is 119 cm³/mol. The number of imidazole rings is 1. The molecule has 11 nitrogen and oxygen atoms in total. The first-order chi connectivity index (χ1) is 15.6. The number of hydrogen-bond donors (Lipinski definition) is 0. The lowest BCUT2D eigenvalue weighted by atomic mass is 9.95. The summed E-state index contributed by atoms with van der Waals surface area (Å²) in [5.41, 5.74) is -0.372. The van der Waals surface area contributed by atoms with Crippen molar-refractivity contribution in [3.63, 3.8) is 0 Å². The van der Waals surface area contributed by atoms with E-state index >= 15 is 0 Å². The van der Waals surface area contributed by atoms with Gasteiger partial charge >= 0.3 is 5.97 Å². The number of benzene rings is 1. The third kappa shape index (κ3) is 5.75. The van der Waals surface area contributed by atoms with Crippen LogP contribution in [0.3, 0.4) is 0 Å². The van der Waals surface area contributed by atoms with E-state index in [1.54, 1.807) is 24.2 Å². The first-order valence-corrected chi connectivity index (χ1v) is 12.4. The second-order valence-electron chi connectivity index (χ2n) is 7.80. The third-order valence-electron chi connectivity index (χ3n) is 5.77. The van der Waals surface area contributed by atoms with Crippen molar-refractivity contribution in [3.05, 3.63) is 57.7 Å². The fourth-order valence-corrected chi connectivity index (χ4v) is 4.61. The highest BCUT2D eigenvalue weighted by Crippen LogP contribution is 2.28. The highest BCUT2D eigenvalue weighted by atomic mass is 32.2. The molecule has 33 heavy (non-hydrogen) atoms. The van der Waals surface area contributed by atoms with Crippen LogP contribution in [0.25, 0.3) is 0 Å². The molecule has 0 radical (unpaired) electrons. The summed E-state index contributed by atoms with van der Waals surface area (Å²) >= 11 is 0. The molecule has 1 aromatic heterocycles. The lowest BCUT2D eigenvalue weighted by Gasteiger charge is -2.32. The molecule has 1 aliphatic rings. The highest BCUT2D eigenvalue weighted by molar-refractivity contribution is 7.91. The van der Waals surface area contributed by atoms with E-state index in [1.807, 2.05) is 4.57 Å². The Morgan fingerprint density at radius 2 is 1.88 bits per heavy atom. The Morgan fingerprint density at radius 3 is 2.48 bits per heavy atom. The van der Waals surface area contributed by atoms with Crippen molar-refractivity contribution < 1.29 is 27.7 Å². The second kappa shape index (κ2) is 10.1. The van der Waals surface area contributed by atoms with E-state index < -0.39 is 26.6 Å². The van der Waals surface area contributed by atoms with Gasteiger partial charge in [-0.15, -0.1) is 0 Å². The molecule has 0 N–H and O–H groups in total. The number of sulfone groups is 1. The van der Waals surface area contributed by atoms with Gasteiger partial charge in [-0.3, -0.25) is 14.9 Å². The molecule has 0 aliphatic carbocycles. The molecule has 2 aromatic rings. The molecular weight excluding hydrogens is 452 g/mol. The molecule has 1 saturated heterocycles. The zero-order valence-corrected chi connectivity index (χ0v) is 19.3. The number of rotatable bonds is 8. The van der Waals surface area contributed by atoms with E-state index in [4.69, 9.17) is 0 Å². The normalized spacial score (nSPS) is 14.8. The van der Waals surface area contributed by atoms with Crippen molar-refractivity contribution in [1.82, 2.24) is 14.5 Å². The third-order valence-corrected chi connectivity index (χ3v) is 7.46. The monoisotopic (exact) mass is 478 g/mol. The summed E-state index contributed by atoms with van der Waals surface area (Å²) in [5, 5.41) is 11.2. The van der Waals surface area contributed by atoms with E-state index in [9.17, 15) is 28.1 Å². The average Bonchev–Trinajstić information content (AvgIpc) is 3.30. The van der Waals surface area contributed by atoms with Crippen LogP contribution in [0.5, 0.6) is 0 Å². The first kappa shape index (κ1) is 24.4. The Morgan fingerprint density at radius 1 is 1.21 bits per heavy atom. The van der Waals surface area contributed by atoms with Gasteiger partial charge in [-0.2, -0.15) is 0 Å². The van der Waals surface area contributed by atoms with Crippen molar-refractivity contribution in [2.75, 3.05) is 31.7 Å². The molecule has 3 rings (SSSR count). The Hall–Kier alpha value is -3.28. The Labute approximate surface area is 191 Å². The quantitative estimate of drug-likeness (QED) is 0.319. The molecule has 2 heterocycles. The number of non-ortho nitro benzene ring substituents is 1. The van der Waals surface area contributed by atoms with Crippen LogP contribution in [0.1, 0.15) is 52.2 Å². The Bertz CT molecular complexity index is 1150. The fourth-order valence-electron chi connectivity index (χ4n) is 3.85. The van der Waals surface area contributed by atoms with Crippen LogP contribution < -0.4 is 0 Å². The van der Waals surface area contributed by atoms with Crippen molar-refractivity contribution in [2.24, 2.45) is 0 Å². The molecule has 1 amide bonds. The van der Waals surface area contributed by atoms with Crippen molar-refractivity contribution in [3.8, 4) is 0 Å². The van der Waals surface area contributed by atoms with Gasteiger partial charge in [0, 0.05) is 61.4 Å². The van der Waals surface area contributed by atoms with Crippen molar-refractivity contribution >= 4 is 27.4 Å². The number of aromatic nitrogens is 2. The molecule has 0 unspecified atom stereocenters. The van der Waals surface area contributed by atoms with E-state index in [1.165, 1.54) is 6.07 Å². The first-order valence-electron chi connectivity index (χ1n) is 10.5. The summed E-state index contributed by atoms with van der Waals surface area (Å²) in [7, 11) is -1.94. The van der Waals surface area contributed by atoms with Gasteiger partial charge < -0.3 is 14.2 Å². The number of hydrogen-bond acceptors (Lipinski definition) is 8. The minimum absolute atomic E-state index is 0.0412. The summed E-state index contributed by atoms with van der Waals surface area (Å²) in [5.74, 6) is -0.184. The molecule has 0 atom stereocenters. The maximum Gasteiger partial charge on any atom is 0.338 e. The highest BCUT2D eigenvalue weighted by Gasteiger charge is 2.28. The molecule has 0 saturated carbocycles. The van der Waals surface area contributed by atoms with Crippen LogP contribution in [0, 0.1) is 10.1 Å². The second-order valence-corrected chi connectivity index (χ2v) is 10.3. The number of ether oxygens (including phenoxy) is 1. The number of methoxy groups -OCH3 is 1. The SMILES string of the molecule is CCS(=O)(=O)CCn1ccnc1C1CCN(C(=O)c2cc(C(=O)OC)cc([N+](=O)[O-])c2)CC1. The van der Waals surface area contributed by atoms with Gasteiger partial charge in [-0.05, 0) is 18.9 Å². The van der Waals surface area contributed by atoms with E-state index in [-0.39, 0.29) is 34.2 Å². The summed E-state index contributed by atoms with van der Waals surface area (Å²) < 4.78 is 30.2. The molecule has 12 heteroatoms. The number of nitrogens with zero attached hydrogens (tertiary/aromatic N) is 4. The summed E-state index contributed by atoms with van der Waals surface area (Å²) in [4.78, 5) is 41.4. The maximum absolute atomic E-state index is 13.0. The largest absolute Gasteiger partial charge is 0.465 e. The van der Waals surface area contributed by atoms with Gasteiger partial charge in [0.2, 0.25) is 0 Å². The zero-order valence-electron chi connectivity index (χ0n) is 18.5. The minimum atomic E-state index is -3.10. The van der Waals surface area contributed by atoms with Crippen LogP contribution in [-0.2, 0) is 21.1 Å². The van der Waals surface area contributed by atoms with E-state index in [2.05, 4.69) is 9.72 Å². The zero-order chi connectivity index (χ0) is 24.2. The fraction of sp³-hybridized carbons (Fsp3) is 0.476. The number of likely N-dealkylation sites (tertiary alicyclic amines) is 1. The van der Waals surface area contributed by atoms with Gasteiger partial charge in [0.25, 0.3) is 11.6 Å². The minimum Gasteiger partial charge on any atom is -0.465 e. The van der Waals surface area contributed by atoms with E-state index in [0.29, 0.717) is 32.5 Å². The standard InChI is InChI=1S/C21H26N4O7S/c1-3-33(30,31)11-10-23-9-6-22-19(23)15-4-7-24(8-5-15)20(26)16-12-17(21(27)32-2)14-18(13-16)25(28)29/h6,9,12-15H,3-5,7-8,10-11H2,1-2H3. The van der Waals surface area contributed by atoms with E-state index in [0.717, 1.165) is 25.1 Å². The smallest absolute Gasteiger partial charge is 0.338 e. The molecule has 1 aromatic carbocycles. The Kier molecular flexibility index (Phi) is 7.46. The molecular formula is C21H26N4O7S. The lowest BCUT2D eigenvalue weighted by Crippen LogP contribution is -2.38. The topological polar surface area (TPSA) is 142 Å². The van der Waals surface area contributed by atoms with Crippen LogP contribution in [-0.4, -0.2) is 71.4 Å². The number of aryl methyl sites for hydroxylation is 1. The van der Waals surface area contributed by atoms with Crippen LogP contribution in [0.4, 0.5) is 5.69 Å². The van der Waals surface area contributed by atoms with Crippen LogP contribution >= 0.6 is 0 Å². The molecule has 0 spiro atoms. The number of esters is 1. The number of amides is 1. The molecule has 1 fully saturated rings. The predicted octanol–water partition coefficient (Wildman–Crippen LogP) is 2.03. The summed E-state index contributed by atoms with van der Waals surface area (Å²) in [6, 6.07) is 3.53. The number of nitro groups is 1. The van der Waals surface area contributed by atoms with Crippen LogP contribution in [0.15, 0.2) is 30.6 Å². The molecule has 178 valence electrons. The average molecular weight is 479 g/mol. The van der Waals surface area contributed by atoms with Gasteiger partial charge in [-0.25, -0.2) is 18.2 Å². The number of carbonyl (C=O) groups is 2. The van der Waals surface area contributed by atoms with Gasteiger partial charge in [0.15, 0.2) is 9.84 Å². The van der Waals surface area contributed by atoms with Crippen molar-refractivity contribution in [2.45, 2.75) is 32.2 Å². The lowest BCUT2D eigenvalue weighted by molar-refractivity contribution is -0.384. The Balaban J connectivity index is 1.70. The number of nitro benzene ring substituents is 1. The van der Waals surface area contributed by atoms with Gasteiger partial charge in [0.05, 0.1) is 23.3 Å².